The largest absolute Gasteiger partial charge is 0.492 e. The molecule has 1 aliphatic heterocycles. The van der Waals surface area contributed by atoms with Gasteiger partial charge in [-0.3, -0.25) is 9.36 Å². The van der Waals surface area contributed by atoms with Gasteiger partial charge in [-0.15, -0.1) is 11.3 Å². The number of primary amides is 1. The second-order valence-corrected chi connectivity index (χ2v) is 13.2. The topological polar surface area (TPSA) is 144 Å². The van der Waals surface area contributed by atoms with Gasteiger partial charge in [-0.05, 0) is 46.8 Å². The lowest BCUT2D eigenvalue weighted by Crippen LogP contribution is -2.23. The SMILES string of the molecule is CC1CCS(=O)(=O)C1CCOc1cc(C(N)=O)cc2c(Br)c(C(F)(F)P(=O)(O)O)sc12. The van der Waals surface area contributed by atoms with Gasteiger partial charge in [0, 0.05) is 15.4 Å². The van der Waals surface area contributed by atoms with Crippen molar-refractivity contribution in [3.05, 3.63) is 27.0 Å². The van der Waals surface area contributed by atoms with E-state index in [1.54, 1.807) is 0 Å². The Morgan fingerprint density at radius 2 is 2.06 bits per heavy atom. The van der Waals surface area contributed by atoms with Crippen molar-refractivity contribution in [2.45, 2.75) is 30.7 Å². The Morgan fingerprint density at radius 1 is 1.42 bits per heavy atom. The predicted molar refractivity (Wildman–Crippen MR) is 115 cm³/mol. The number of thiophene rings is 1. The van der Waals surface area contributed by atoms with Gasteiger partial charge in [-0.25, -0.2) is 8.42 Å². The van der Waals surface area contributed by atoms with Crippen molar-refractivity contribution >= 4 is 60.7 Å². The van der Waals surface area contributed by atoms with Gasteiger partial charge in [0.2, 0.25) is 5.91 Å². The predicted octanol–water partition coefficient (Wildman–Crippen LogP) is 3.58. The summed E-state index contributed by atoms with van der Waals surface area (Å²) in [7, 11) is -9.07. The molecule has 14 heteroatoms. The van der Waals surface area contributed by atoms with E-state index in [0.717, 1.165) is 0 Å². The van der Waals surface area contributed by atoms with Gasteiger partial charge in [0.1, 0.15) is 10.6 Å². The maximum absolute atomic E-state index is 14.4. The molecule has 1 aromatic carbocycles. The van der Waals surface area contributed by atoms with Gasteiger partial charge in [0.15, 0.2) is 9.84 Å². The van der Waals surface area contributed by atoms with Crippen LogP contribution in [0, 0.1) is 5.92 Å². The summed E-state index contributed by atoms with van der Waals surface area (Å²) in [5.74, 6) is -0.818. The fourth-order valence-corrected chi connectivity index (χ4v) is 8.78. The van der Waals surface area contributed by atoms with Crippen LogP contribution in [0.1, 0.15) is 35.0 Å². The van der Waals surface area contributed by atoms with Crippen molar-refractivity contribution in [3.63, 3.8) is 0 Å². The highest BCUT2D eigenvalue weighted by atomic mass is 79.9. The summed E-state index contributed by atoms with van der Waals surface area (Å²) < 4.78 is 69.8. The molecule has 0 spiro atoms. The van der Waals surface area contributed by atoms with Crippen molar-refractivity contribution in [2.75, 3.05) is 12.4 Å². The molecule has 1 aromatic heterocycles. The highest BCUT2D eigenvalue weighted by Gasteiger charge is 2.53. The summed E-state index contributed by atoms with van der Waals surface area (Å²) in [4.78, 5) is 28.9. The van der Waals surface area contributed by atoms with E-state index in [-0.39, 0.29) is 50.6 Å². The summed E-state index contributed by atoms with van der Waals surface area (Å²) in [5.41, 5.74) is 0.783. The number of benzene rings is 1. The molecule has 2 atom stereocenters. The number of ether oxygens (including phenoxy) is 1. The van der Waals surface area contributed by atoms with Crippen LogP contribution >= 0.6 is 34.9 Å². The zero-order valence-corrected chi connectivity index (χ0v) is 20.2. The molecule has 4 N–H and O–H groups in total. The number of amides is 1. The molecule has 1 saturated heterocycles. The third kappa shape index (κ3) is 4.53. The molecule has 1 aliphatic rings. The molecule has 0 aliphatic carbocycles. The average Bonchev–Trinajstić information content (AvgIpc) is 3.12. The fourth-order valence-electron chi connectivity index (χ4n) is 3.51. The van der Waals surface area contributed by atoms with Crippen LogP contribution in [0.2, 0.25) is 0 Å². The quantitative estimate of drug-likeness (QED) is 0.438. The number of rotatable bonds is 7. The number of hydrogen-bond acceptors (Lipinski definition) is 6. The summed E-state index contributed by atoms with van der Waals surface area (Å²) in [6, 6.07) is 2.45. The minimum atomic E-state index is -5.83. The smallest absolute Gasteiger partial charge is 0.400 e. The Kier molecular flexibility index (Phi) is 6.60. The van der Waals surface area contributed by atoms with Crippen LogP contribution in [0.25, 0.3) is 10.1 Å². The van der Waals surface area contributed by atoms with Gasteiger partial charge in [0.25, 0.3) is 0 Å². The van der Waals surface area contributed by atoms with Crippen LogP contribution in [0.4, 0.5) is 8.78 Å². The molecule has 0 saturated carbocycles. The molecule has 0 radical (unpaired) electrons. The lowest BCUT2D eigenvalue weighted by molar-refractivity contribution is 0.0595. The molecule has 1 amide bonds. The van der Waals surface area contributed by atoms with E-state index in [9.17, 15) is 26.6 Å². The second kappa shape index (κ2) is 8.35. The third-order valence-electron chi connectivity index (χ3n) is 5.23. The van der Waals surface area contributed by atoms with E-state index >= 15 is 0 Å². The lowest BCUT2D eigenvalue weighted by atomic mass is 10.0. The van der Waals surface area contributed by atoms with Gasteiger partial charge in [0.05, 0.1) is 22.3 Å². The van der Waals surface area contributed by atoms with E-state index in [0.29, 0.717) is 17.8 Å². The van der Waals surface area contributed by atoms with Crippen molar-refractivity contribution in [3.8, 4) is 5.75 Å². The van der Waals surface area contributed by atoms with Gasteiger partial charge in [-0.1, -0.05) is 6.92 Å². The first-order valence-corrected chi connectivity index (χ1v) is 13.9. The van der Waals surface area contributed by atoms with Crippen molar-refractivity contribution in [1.29, 1.82) is 0 Å². The Morgan fingerprint density at radius 3 is 2.58 bits per heavy atom. The molecule has 31 heavy (non-hydrogen) atoms. The number of carbonyl (C=O) groups is 1. The number of alkyl halides is 2. The maximum Gasteiger partial charge on any atom is 0.400 e. The van der Waals surface area contributed by atoms with Gasteiger partial charge < -0.3 is 20.3 Å². The summed E-state index contributed by atoms with van der Waals surface area (Å²) in [5, 5.41) is -0.520. The zero-order valence-electron chi connectivity index (χ0n) is 16.0. The molecule has 0 bridgehead atoms. The van der Waals surface area contributed by atoms with Crippen LogP contribution in [-0.4, -0.2) is 41.7 Å². The Hall–Kier alpha value is -1.11. The van der Waals surface area contributed by atoms with Crippen LogP contribution in [0.5, 0.6) is 5.75 Å². The van der Waals surface area contributed by atoms with Crippen molar-refractivity contribution in [1.82, 2.24) is 0 Å². The number of halogens is 3. The van der Waals surface area contributed by atoms with Crippen LogP contribution in [-0.2, 0) is 20.1 Å². The molecule has 172 valence electrons. The third-order valence-corrected chi connectivity index (χ3v) is 11.1. The van der Waals surface area contributed by atoms with Crippen molar-refractivity contribution < 1.29 is 41.1 Å². The molecular weight excluding hydrogens is 543 g/mol. The Bertz CT molecular complexity index is 1190. The first-order chi connectivity index (χ1) is 14.2. The summed E-state index contributed by atoms with van der Waals surface area (Å²) in [6.07, 6.45) is 0.719. The molecule has 8 nitrogen and oxygen atoms in total. The molecule has 2 aromatic rings. The summed E-state index contributed by atoms with van der Waals surface area (Å²) >= 11 is 3.35. The molecule has 3 rings (SSSR count). The maximum atomic E-state index is 14.4. The second-order valence-electron chi connectivity index (χ2n) is 7.35. The first-order valence-electron chi connectivity index (χ1n) is 9.01. The van der Waals surface area contributed by atoms with Crippen molar-refractivity contribution in [2.24, 2.45) is 11.7 Å². The van der Waals surface area contributed by atoms with Crippen LogP contribution in [0.3, 0.4) is 0 Å². The normalized spacial score (nSPS) is 21.5. The van der Waals surface area contributed by atoms with E-state index < -0.39 is 39.1 Å². The minimum absolute atomic E-state index is 0.00666. The highest BCUT2D eigenvalue weighted by molar-refractivity contribution is 9.10. The molecule has 1 fully saturated rings. The number of nitrogens with two attached hydrogens (primary N) is 1. The molecular formula is C17H19BrF2NO7PS2. The van der Waals surface area contributed by atoms with Crippen LogP contribution in [0.15, 0.2) is 16.6 Å². The Labute approximate surface area is 189 Å². The van der Waals surface area contributed by atoms with E-state index in [1.807, 2.05) is 6.92 Å². The van der Waals surface area contributed by atoms with E-state index in [1.165, 1.54) is 12.1 Å². The standard InChI is InChI=1S/C17H19BrF2NO7PS2/c1-8-3-5-31(26,27)12(8)2-4-28-11-7-9(16(21)22)6-10-13(18)15(30-14(10)11)17(19,20)29(23,24)25/h6-8,12H,2-5H2,1H3,(H2,21,22)(H2,23,24,25). The van der Waals surface area contributed by atoms with Gasteiger partial charge in [-0.2, -0.15) is 8.78 Å². The van der Waals surface area contributed by atoms with Crippen LogP contribution < -0.4 is 10.5 Å². The van der Waals surface area contributed by atoms with E-state index in [4.69, 9.17) is 20.3 Å². The molecule has 2 heterocycles. The van der Waals surface area contributed by atoms with Gasteiger partial charge >= 0.3 is 13.3 Å². The first kappa shape index (κ1) is 24.5. The number of hydrogen-bond donors (Lipinski definition) is 3. The minimum Gasteiger partial charge on any atom is -0.492 e. The number of carbonyl (C=O) groups excluding carboxylic acids is 1. The molecule has 2 unspecified atom stereocenters. The monoisotopic (exact) mass is 561 g/mol. The summed E-state index contributed by atoms with van der Waals surface area (Å²) in [6.45, 7) is 1.76. The average molecular weight is 562 g/mol. The number of sulfone groups is 1. The fraction of sp³-hybridized carbons (Fsp3) is 0.471. The number of fused-ring (bicyclic) bond motifs is 1. The highest BCUT2D eigenvalue weighted by Crippen LogP contribution is 2.63. The Balaban J connectivity index is 2.01. The lowest BCUT2D eigenvalue weighted by Gasteiger charge is -2.16. The van der Waals surface area contributed by atoms with E-state index in [2.05, 4.69) is 15.9 Å². The zero-order chi connectivity index (χ0) is 23.4.